The normalized spacial score (nSPS) is 10.5. The topological polar surface area (TPSA) is 67.4 Å². The summed E-state index contributed by atoms with van der Waals surface area (Å²) in [5.41, 5.74) is 1.28. The molecular formula is C19H20Cl2N2O3. The summed E-state index contributed by atoms with van der Waals surface area (Å²) in [6, 6.07) is 11.6. The van der Waals surface area contributed by atoms with E-state index in [-0.39, 0.29) is 18.4 Å². The number of amides is 2. The second-order valence-electron chi connectivity index (χ2n) is 6.14. The van der Waals surface area contributed by atoms with Crippen LogP contribution >= 0.6 is 23.2 Å². The van der Waals surface area contributed by atoms with Gasteiger partial charge in [-0.1, -0.05) is 37.0 Å². The third-order valence-electron chi connectivity index (χ3n) is 3.30. The molecule has 0 fully saturated rings. The molecule has 0 saturated heterocycles. The molecule has 5 nitrogen and oxygen atoms in total. The Morgan fingerprint density at radius 3 is 2.08 bits per heavy atom. The van der Waals surface area contributed by atoms with Gasteiger partial charge in [0.05, 0.1) is 5.02 Å². The van der Waals surface area contributed by atoms with Gasteiger partial charge in [0.2, 0.25) is 5.91 Å². The number of nitrogens with one attached hydrogen (secondary N) is 2. The van der Waals surface area contributed by atoms with E-state index in [2.05, 4.69) is 10.6 Å². The van der Waals surface area contributed by atoms with Gasteiger partial charge in [-0.25, -0.2) is 0 Å². The van der Waals surface area contributed by atoms with Gasteiger partial charge >= 0.3 is 0 Å². The predicted octanol–water partition coefficient (Wildman–Crippen LogP) is 5.00. The lowest BCUT2D eigenvalue weighted by Crippen LogP contribution is -2.20. The Kier molecular flexibility index (Phi) is 7.30. The van der Waals surface area contributed by atoms with Crippen LogP contribution in [-0.4, -0.2) is 18.4 Å². The first-order valence-corrected chi connectivity index (χ1v) is 8.86. The maximum atomic E-state index is 12.0. The van der Waals surface area contributed by atoms with Crippen LogP contribution in [0.4, 0.5) is 11.4 Å². The fourth-order valence-electron chi connectivity index (χ4n) is 2.15. The van der Waals surface area contributed by atoms with Crippen LogP contribution < -0.4 is 15.4 Å². The molecular weight excluding hydrogens is 375 g/mol. The molecule has 26 heavy (non-hydrogen) atoms. The van der Waals surface area contributed by atoms with E-state index in [0.717, 1.165) is 0 Å². The molecule has 0 bridgehead atoms. The minimum Gasteiger partial charge on any atom is -0.482 e. The SMILES string of the molecule is CC(C)CC(=O)Nc1ccc(NC(=O)COc2ccc(Cl)cc2Cl)cc1. The Bertz CT molecular complexity index is 777. The lowest BCUT2D eigenvalue weighted by atomic mass is 10.1. The van der Waals surface area contributed by atoms with Crippen molar-refractivity contribution in [1.29, 1.82) is 0 Å². The highest BCUT2D eigenvalue weighted by Crippen LogP contribution is 2.27. The zero-order valence-electron chi connectivity index (χ0n) is 14.5. The van der Waals surface area contributed by atoms with Crippen molar-refractivity contribution >= 4 is 46.4 Å². The number of ether oxygens (including phenoxy) is 1. The third kappa shape index (κ3) is 6.58. The third-order valence-corrected chi connectivity index (χ3v) is 3.83. The van der Waals surface area contributed by atoms with Gasteiger partial charge in [0.1, 0.15) is 5.75 Å². The summed E-state index contributed by atoms with van der Waals surface area (Å²) in [6.07, 6.45) is 0.461. The lowest BCUT2D eigenvalue weighted by Gasteiger charge is -2.10. The highest BCUT2D eigenvalue weighted by atomic mass is 35.5. The number of halogens is 2. The zero-order valence-corrected chi connectivity index (χ0v) is 16.0. The summed E-state index contributed by atoms with van der Waals surface area (Å²) < 4.78 is 5.38. The molecule has 0 spiro atoms. The summed E-state index contributed by atoms with van der Waals surface area (Å²) in [6.45, 7) is 3.78. The Morgan fingerprint density at radius 2 is 1.54 bits per heavy atom. The van der Waals surface area contributed by atoms with E-state index >= 15 is 0 Å². The molecule has 2 aromatic rings. The molecule has 2 N–H and O–H groups in total. The van der Waals surface area contributed by atoms with Crippen molar-refractivity contribution in [3.05, 3.63) is 52.5 Å². The maximum Gasteiger partial charge on any atom is 0.262 e. The van der Waals surface area contributed by atoms with E-state index in [1.54, 1.807) is 42.5 Å². The summed E-state index contributed by atoms with van der Waals surface area (Å²) in [5, 5.41) is 6.35. The Hall–Kier alpha value is -2.24. The Balaban J connectivity index is 1.84. The molecule has 2 aromatic carbocycles. The van der Waals surface area contributed by atoms with Gasteiger partial charge in [-0.2, -0.15) is 0 Å². The van der Waals surface area contributed by atoms with E-state index in [4.69, 9.17) is 27.9 Å². The van der Waals surface area contributed by atoms with Gasteiger partial charge in [-0.05, 0) is 48.4 Å². The van der Waals surface area contributed by atoms with Crippen LogP contribution in [0, 0.1) is 5.92 Å². The van der Waals surface area contributed by atoms with Gasteiger partial charge in [0, 0.05) is 22.8 Å². The first kappa shape index (κ1) is 20.1. The van der Waals surface area contributed by atoms with Crippen molar-refractivity contribution in [3.63, 3.8) is 0 Å². The average Bonchev–Trinajstić information content (AvgIpc) is 2.55. The molecule has 0 aliphatic carbocycles. The fourth-order valence-corrected chi connectivity index (χ4v) is 2.62. The Labute approximate surface area is 162 Å². The van der Waals surface area contributed by atoms with Crippen LogP contribution in [-0.2, 0) is 9.59 Å². The lowest BCUT2D eigenvalue weighted by molar-refractivity contribution is -0.118. The molecule has 2 rings (SSSR count). The number of hydrogen-bond donors (Lipinski definition) is 2. The average molecular weight is 395 g/mol. The van der Waals surface area contributed by atoms with Crippen molar-refractivity contribution in [2.45, 2.75) is 20.3 Å². The van der Waals surface area contributed by atoms with Crippen LogP contribution in [0.5, 0.6) is 5.75 Å². The van der Waals surface area contributed by atoms with Gasteiger partial charge in [-0.15, -0.1) is 0 Å². The van der Waals surface area contributed by atoms with E-state index in [1.807, 2.05) is 13.8 Å². The highest BCUT2D eigenvalue weighted by Gasteiger charge is 2.08. The van der Waals surface area contributed by atoms with Crippen LogP contribution in [0.2, 0.25) is 10.0 Å². The van der Waals surface area contributed by atoms with E-state index in [9.17, 15) is 9.59 Å². The number of benzene rings is 2. The van der Waals surface area contributed by atoms with Gasteiger partial charge in [0.25, 0.3) is 5.91 Å². The van der Waals surface area contributed by atoms with E-state index < -0.39 is 0 Å². The molecule has 7 heteroatoms. The van der Waals surface area contributed by atoms with Gasteiger partial charge in [-0.3, -0.25) is 9.59 Å². The quantitative estimate of drug-likeness (QED) is 0.694. The number of carbonyl (C=O) groups excluding carboxylic acids is 2. The molecule has 0 heterocycles. The molecule has 0 aliphatic heterocycles. The van der Waals surface area contributed by atoms with Crippen molar-refractivity contribution < 1.29 is 14.3 Å². The molecule has 0 aromatic heterocycles. The second kappa shape index (κ2) is 9.46. The highest BCUT2D eigenvalue weighted by molar-refractivity contribution is 6.35. The number of hydrogen-bond acceptors (Lipinski definition) is 3. The minimum absolute atomic E-state index is 0.0370. The number of carbonyl (C=O) groups is 2. The van der Waals surface area contributed by atoms with Crippen LogP contribution in [0.15, 0.2) is 42.5 Å². The van der Waals surface area contributed by atoms with E-state index in [1.165, 1.54) is 0 Å². The molecule has 0 radical (unpaired) electrons. The van der Waals surface area contributed by atoms with Crippen molar-refractivity contribution in [2.75, 3.05) is 17.2 Å². The molecule has 138 valence electrons. The largest absolute Gasteiger partial charge is 0.482 e. The second-order valence-corrected chi connectivity index (χ2v) is 6.98. The molecule has 0 unspecified atom stereocenters. The number of anilines is 2. The van der Waals surface area contributed by atoms with Crippen molar-refractivity contribution in [3.8, 4) is 5.75 Å². The monoisotopic (exact) mass is 394 g/mol. The van der Waals surface area contributed by atoms with Crippen LogP contribution in [0.3, 0.4) is 0 Å². The molecule has 0 saturated carbocycles. The maximum absolute atomic E-state index is 12.0. The predicted molar refractivity (Wildman–Crippen MR) is 105 cm³/mol. The van der Waals surface area contributed by atoms with Crippen LogP contribution in [0.25, 0.3) is 0 Å². The first-order valence-electron chi connectivity index (χ1n) is 8.11. The Morgan fingerprint density at radius 1 is 0.962 bits per heavy atom. The minimum atomic E-state index is -0.326. The fraction of sp³-hybridized carbons (Fsp3) is 0.263. The van der Waals surface area contributed by atoms with Crippen molar-refractivity contribution in [1.82, 2.24) is 0 Å². The zero-order chi connectivity index (χ0) is 19.1. The molecule has 2 amide bonds. The summed E-state index contributed by atoms with van der Waals surface area (Å²) in [4.78, 5) is 23.7. The summed E-state index contributed by atoms with van der Waals surface area (Å²) in [7, 11) is 0. The standard InChI is InChI=1S/C19H20Cl2N2O3/c1-12(2)9-18(24)22-14-4-6-15(7-5-14)23-19(25)11-26-17-8-3-13(20)10-16(17)21/h3-8,10,12H,9,11H2,1-2H3,(H,22,24)(H,23,25). The van der Waals surface area contributed by atoms with E-state index in [0.29, 0.717) is 39.5 Å². The van der Waals surface area contributed by atoms with Gasteiger partial charge in [0.15, 0.2) is 6.61 Å². The van der Waals surface area contributed by atoms with Gasteiger partial charge < -0.3 is 15.4 Å². The summed E-state index contributed by atoms with van der Waals surface area (Å²) >= 11 is 11.8. The first-order chi connectivity index (χ1) is 12.3. The summed E-state index contributed by atoms with van der Waals surface area (Å²) in [5.74, 6) is 0.315. The van der Waals surface area contributed by atoms with Crippen molar-refractivity contribution in [2.24, 2.45) is 5.92 Å². The molecule has 0 atom stereocenters. The van der Waals surface area contributed by atoms with Crippen LogP contribution in [0.1, 0.15) is 20.3 Å². The molecule has 0 aliphatic rings. The smallest absolute Gasteiger partial charge is 0.262 e. The number of rotatable bonds is 7.